The number of carbonyl (C=O) groups excluding carboxylic acids is 1. The fourth-order valence-electron chi connectivity index (χ4n) is 3.65. The van der Waals surface area contributed by atoms with Crippen molar-refractivity contribution in [3.8, 4) is 0 Å². The molecule has 2 unspecified atom stereocenters. The van der Waals surface area contributed by atoms with E-state index in [-0.39, 0.29) is 18.3 Å². The van der Waals surface area contributed by atoms with Crippen LogP contribution in [0.4, 0.5) is 5.69 Å². The van der Waals surface area contributed by atoms with Gasteiger partial charge in [-0.3, -0.25) is 4.79 Å². The third-order valence-corrected chi connectivity index (χ3v) is 5.53. The molecule has 4 nitrogen and oxygen atoms in total. The van der Waals surface area contributed by atoms with E-state index < -0.39 is 0 Å². The number of benzene rings is 1. The highest BCUT2D eigenvalue weighted by Gasteiger charge is 2.34. The van der Waals surface area contributed by atoms with E-state index in [2.05, 4.69) is 22.6 Å². The van der Waals surface area contributed by atoms with Gasteiger partial charge in [-0.2, -0.15) is 0 Å². The topological polar surface area (TPSA) is 44.4 Å². The second-order valence-corrected chi connectivity index (χ2v) is 7.51. The minimum atomic E-state index is -0.0297. The summed E-state index contributed by atoms with van der Waals surface area (Å²) in [5, 5.41) is 7.56. The minimum Gasteiger partial charge on any atom is -0.325 e. The molecule has 0 radical (unpaired) electrons. The molecule has 3 rings (SSSR count). The van der Waals surface area contributed by atoms with Crippen LogP contribution >= 0.6 is 35.6 Å². The van der Waals surface area contributed by atoms with Crippen molar-refractivity contribution in [1.29, 1.82) is 0 Å². The molecule has 0 aliphatic carbocycles. The maximum Gasteiger partial charge on any atom is 0.225 e. The number of nitrogens with zero attached hydrogens (tertiary/aromatic N) is 1. The normalized spacial score (nSPS) is 25.4. The van der Waals surface area contributed by atoms with Gasteiger partial charge in [0.2, 0.25) is 5.91 Å². The van der Waals surface area contributed by atoms with Crippen LogP contribution in [-0.4, -0.2) is 42.5 Å². The SMILES string of the molecule is CN(CCC(=O)Nc1cc(Cl)ccc1Cl)C1CC2CCC(C1)N2.Cl. The zero-order valence-electron chi connectivity index (χ0n) is 13.7. The van der Waals surface area contributed by atoms with Crippen LogP contribution in [0.5, 0.6) is 0 Å². The summed E-state index contributed by atoms with van der Waals surface area (Å²) in [6, 6.07) is 6.99. The van der Waals surface area contributed by atoms with E-state index in [1.54, 1.807) is 18.2 Å². The molecule has 1 aromatic carbocycles. The first-order valence-corrected chi connectivity index (χ1v) is 8.98. The van der Waals surface area contributed by atoms with Crippen molar-refractivity contribution >= 4 is 47.2 Å². The number of amides is 1. The number of fused-ring (bicyclic) bond motifs is 2. The van der Waals surface area contributed by atoms with E-state index in [1.807, 2.05) is 0 Å². The predicted molar refractivity (Wildman–Crippen MR) is 103 cm³/mol. The van der Waals surface area contributed by atoms with E-state index in [9.17, 15) is 4.79 Å². The number of nitrogens with one attached hydrogen (secondary N) is 2. The standard InChI is InChI=1S/C17H23Cl2N3O.ClH/c1-22(14-9-12-3-4-13(10-14)20-12)7-6-17(23)21-16-8-11(18)2-5-15(16)19;/h2,5,8,12-14,20H,3-4,6-7,9-10H2,1H3,(H,21,23);1H. The monoisotopic (exact) mass is 391 g/mol. The van der Waals surface area contributed by atoms with Gasteiger partial charge in [-0.25, -0.2) is 0 Å². The summed E-state index contributed by atoms with van der Waals surface area (Å²) in [6.07, 6.45) is 5.42. The van der Waals surface area contributed by atoms with Gasteiger partial charge in [-0.15, -0.1) is 12.4 Å². The third-order valence-electron chi connectivity index (χ3n) is 4.97. The molecule has 2 saturated heterocycles. The van der Waals surface area contributed by atoms with E-state index in [0.717, 1.165) is 6.54 Å². The van der Waals surface area contributed by atoms with E-state index in [4.69, 9.17) is 23.2 Å². The maximum atomic E-state index is 12.2. The van der Waals surface area contributed by atoms with E-state index >= 15 is 0 Å². The largest absolute Gasteiger partial charge is 0.325 e. The Kier molecular flexibility index (Phi) is 7.20. The van der Waals surface area contributed by atoms with Gasteiger partial charge in [0.05, 0.1) is 10.7 Å². The Morgan fingerprint density at radius 2 is 1.96 bits per heavy atom. The smallest absolute Gasteiger partial charge is 0.225 e. The molecule has 2 atom stereocenters. The summed E-state index contributed by atoms with van der Waals surface area (Å²) < 4.78 is 0. The van der Waals surface area contributed by atoms with Crippen LogP contribution in [0.1, 0.15) is 32.1 Å². The second-order valence-electron chi connectivity index (χ2n) is 6.67. The fourth-order valence-corrected chi connectivity index (χ4v) is 3.99. The minimum absolute atomic E-state index is 0. The van der Waals surface area contributed by atoms with Crippen molar-refractivity contribution in [2.45, 2.75) is 50.2 Å². The molecule has 2 aliphatic rings. The lowest BCUT2D eigenvalue weighted by Crippen LogP contribution is -2.47. The van der Waals surface area contributed by atoms with Crippen molar-refractivity contribution in [2.24, 2.45) is 0 Å². The van der Waals surface area contributed by atoms with Gasteiger partial charge >= 0.3 is 0 Å². The summed E-state index contributed by atoms with van der Waals surface area (Å²) in [4.78, 5) is 14.5. The number of hydrogen-bond donors (Lipinski definition) is 2. The molecule has 2 N–H and O–H groups in total. The molecule has 134 valence electrons. The lowest BCUT2D eigenvalue weighted by molar-refractivity contribution is -0.116. The number of rotatable bonds is 5. The lowest BCUT2D eigenvalue weighted by Gasteiger charge is -2.35. The molecule has 1 aromatic rings. The van der Waals surface area contributed by atoms with Gasteiger partial charge in [0.1, 0.15) is 0 Å². The molecule has 2 bridgehead atoms. The highest BCUT2D eigenvalue weighted by molar-refractivity contribution is 6.35. The first-order valence-electron chi connectivity index (χ1n) is 8.22. The van der Waals surface area contributed by atoms with Crippen molar-refractivity contribution in [1.82, 2.24) is 10.2 Å². The van der Waals surface area contributed by atoms with Gasteiger partial charge in [0.25, 0.3) is 0 Å². The highest BCUT2D eigenvalue weighted by atomic mass is 35.5. The molecule has 24 heavy (non-hydrogen) atoms. The number of anilines is 1. The highest BCUT2D eigenvalue weighted by Crippen LogP contribution is 2.29. The van der Waals surface area contributed by atoms with Crippen LogP contribution in [0.15, 0.2) is 18.2 Å². The Labute approximate surface area is 159 Å². The van der Waals surface area contributed by atoms with Gasteiger partial charge in [-0.05, 0) is 50.9 Å². The summed E-state index contributed by atoms with van der Waals surface area (Å²) in [5.41, 5.74) is 0.576. The van der Waals surface area contributed by atoms with Crippen molar-refractivity contribution < 1.29 is 4.79 Å². The van der Waals surface area contributed by atoms with Crippen LogP contribution < -0.4 is 10.6 Å². The molecule has 0 aromatic heterocycles. The van der Waals surface area contributed by atoms with Gasteiger partial charge in [-0.1, -0.05) is 23.2 Å². The Hall–Kier alpha value is -0.520. The number of piperidine rings is 1. The van der Waals surface area contributed by atoms with Crippen molar-refractivity contribution in [3.63, 3.8) is 0 Å². The molecule has 0 saturated carbocycles. The summed E-state index contributed by atoms with van der Waals surface area (Å²) in [6.45, 7) is 0.758. The third kappa shape index (κ3) is 4.99. The zero-order chi connectivity index (χ0) is 16.4. The second kappa shape index (κ2) is 8.72. The van der Waals surface area contributed by atoms with Crippen LogP contribution in [0.3, 0.4) is 0 Å². The number of halogens is 3. The summed E-state index contributed by atoms with van der Waals surface area (Å²) in [5.74, 6) is -0.0297. The van der Waals surface area contributed by atoms with Gasteiger partial charge in [0.15, 0.2) is 0 Å². The van der Waals surface area contributed by atoms with E-state index in [1.165, 1.54) is 25.7 Å². The van der Waals surface area contributed by atoms with Crippen LogP contribution in [0, 0.1) is 0 Å². The number of hydrogen-bond acceptors (Lipinski definition) is 3. The maximum absolute atomic E-state index is 12.2. The average molecular weight is 393 g/mol. The molecular formula is C17H24Cl3N3O. The Bertz CT molecular complexity index is 572. The molecular weight excluding hydrogens is 369 g/mol. The van der Waals surface area contributed by atoms with Crippen molar-refractivity contribution in [3.05, 3.63) is 28.2 Å². The molecule has 2 heterocycles. The quantitative estimate of drug-likeness (QED) is 0.797. The summed E-state index contributed by atoms with van der Waals surface area (Å²) >= 11 is 12.0. The first-order chi connectivity index (χ1) is 11.0. The van der Waals surface area contributed by atoms with Gasteiger partial charge < -0.3 is 15.5 Å². The first kappa shape index (κ1) is 19.8. The zero-order valence-corrected chi connectivity index (χ0v) is 16.1. The van der Waals surface area contributed by atoms with Crippen LogP contribution in [-0.2, 0) is 4.79 Å². The van der Waals surface area contributed by atoms with Gasteiger partial charge in [0, 0.05) is 36.1 Å². The Balaban J connectivity index is 0.00000208. The molecule has 2 fully saturated rings. The molecule has 7 heteroatoms. The molecule has 2 aliphatic heterocycles. The average Bonchev–Trinajstić information content (AvgIpc) is 2.86. The fraction of sp³-hybridized carbons (Fsp3) is 0.588. The Morgan fingerprint density at radius 1 is 1.29 bits per heavy atom. The summed E-state index contributed by atoms with van der Waals surface area (Å²) in [7, 11) is 2.12. The van der Waals surface area contributed by atoms with E-state index in [0.29, 0.717) is 40.3 Å². The van der Waals surface area contributed by atoms with Crippen molar-refractivity contribution in [2.75, 3.05) is 18.9 Å². The number of carbonyl (C=O) groups is 1. The van der Waals surface area contributed by atoms with Crippen LogP contribution in [0.25, 0.3) is 0 Å². The lowest BCUT2D eigenvalue weighted by atomic mass is 9.98. The Morgan fingerprint density at radius 3 is 2.62 bits per heavy atom. The molecule has 0 spiro atoms. The predicted octanol–water partition coefficient (Wildman–Crippen LogP) is 3.96. The van der Waals surface area contributed by atoms with Crippen LogP contribution in [0.2, 0.25) is 10.0 Å². The molecule has 1 amide bonds.